The van der Waals surface area contributed by atoms with Gasteiger partial charge in [-0.1, -0.05) is 6.07 Å². The van der Waals surface area contributed by atoms with E-state index in [1.165, 1.54) is 30.3 Å². The second kappa shape index (κ2) is 5.84. The van der Waals surface area contributed by atoms with Crippen molar-refractivity contribution in [3.8, 4) is 5.75 Å². The van der Waals surface area contributed by atoms with E-state index in [1.54, 1.807) is 12.1 Å². The van der Waals surface area contributed by atoms with Crippen LogP contribution in [0.4, 0.5) is 5.69 Å². The third-order valence-corrected chi connectivity index (χ3v) is 4.19. The van der Waals surface area contributed by atoms with Gasteiger partial charge in [0.1, 0.15) is 5.75 Å². The Morgan fingerprint density at radius 1 is 1.19 bits per heavy atom. The van der Waals surface area contributed by atoms with Crippen LogP contribution in [0.15, 0.2) is 51.8 Å². The number of amides is 1. The highest BCUT2D eigenvalue weighted by molar-refractivity contribution is 9.10. The van der Waals surface area contributed by atoms with Crippen LogP contribution in [-0.4, -0.2) is 19.4 Å². The van der Waals surface area contributed by atoms with E-state index in [0.29, 0.717) is 10.2 Å². The molecule has 2 rings (SSSR count). The van der Waals surface area contributed by atoms with Crippen molar-refractivity contribution in [1.82, 2.24) is 0 Å². The fourth-order valence-corrected chi connectivity index (χ4v) is 2.79. The maximum Gasteiger partial charge on any atom is 0.255 e. The number of phenolic OH excluding ortho intramolecular Hbond substituents is 1. The lowest BCUT2D eigenvalue weighted by Crippen LogP contribution is -2.14. The van der Waals surface area contributed by atoms with Crippen LogP contribution in [0.2, 0.25) is 0 Å². The molecule has 1 amide bonds. The van der Waals surface area contributed by atoms with Crippen LogP contribution in [0.25, 0.3) is 0 Å². The van der Waals surface area contributed by atoms with Crippen molar-refractivity contribution in [1.29, 1.82) is 0 Å². The van der Waals surface area contributed by atoms with Crippen molar-refractivity contribution in [2.24, 2.45) is 5.14 Å². The number of sulfonamides is 1. The average Bonchev–Trinajstić information content (AvgIpc) is 2.39. The first-order chi connectivity index (χ1) is 9.77. The lowest BCUT2D eigenvalue weighted by molar-refractivity contribution is 0.102. The number of primary sulfonamides is 1. The molecule has 2 aromatic carbocycles. The van der Waals surface area contributed by atoms with E-state index in [9.17, 15) is 18.3 Å². The molecule has 4 N–H and O–H groups in total. The highest BCUT2D eigenvalue weighted by atomic mass is 79.9. The Kier molecular flexibility index (Phi) is 4.31. The van der Waals surface area contributed by atoms with Crippen molar-refractivity contribution in [2.75, 3.05) is 5.32 Å². The molecule has 0 aliphatic carbocycles. The van der Waals surface area contributed by atoms with Crippen LogP contribution >= 0.6 is 15.9 Å². The molecule has 2 aromatic rings. The molecule has 6 nitrogen and oxygen atoms in total. The van der Waals surface area contributed by atoms with E-state index in [1.807, 2.05) is 0 Å². The van der Waals surface area contributed by atoms with Gasteiger partial charge in [0.15, 0.2) is 0 Å². The van der Waals surface area contributed by atoms with E-state index >= 15 is 0 Å². The molecule has 0 radical (unpaired) electrons. The molecule has 0 heterocycles. The van der Waals surface area contributed by atoms with E-state index in [0.717, 1.165) is 0 Å². The zero-order valence-electron chi connectivity index (χ0n) is 10.6. The highest BCUT2D eigenvalue weighted by Gasteiger charge is 2.13. The number of nitrogens with one attached hydrogen (secondary N) is 1. The molecule has 21 heavy (non-hydrogen) atoms. The zero-order valence-corrected chi connectivity index (χ0v) is 13.0. The summed E-state index contributed by atoms with van der Waals surface area (Å²) in [7, 11) is -3.80. The van der Waals surface area contributed by atoms with Crippen molar-refractivity contribution >= 4 is 37.5 Å². The maximum atomic E-state index is 12.0. The Morgan fingerprint density at radius 3 is 2.48 bits per heavy atom. The monoisotopic (exact) mass is 370 g/mol. The standard InChI is InChI=1S/C13H11BrN2O4S/c14-11-7-10(21(15,19)20)4-5-12(11)16-13(18)8-2-1-3-9(17)6-8/h1-7,17H,(H,16,18)(H2,15,19,20). The van der Waals surface area contributed by atoms with Crippen molar-refractivity contribution in [3.63, 3.8) is 0 Å². The summed E-state index contributed by atoms with van der Waals surface area (Å²) in [6, 6.07) is 9.87. The van der Waals surface area contributed by atoms with E-state index in [-0.39, 0.29) is 16.2 Å². The normalized spacial score (nSPS) is 11.1. The second-order valence-corrected chi connectivity index (χ2v) is 6.61. The predicted molar refractivity (Wildman–Crippen MR) is 81.6 cm³/mol. The van der Waals surface area contributed by atoms with Gasteiger partial charge < -0.3 is 10.4 Å². The first kappa shape index (κ1) is 15.5. The quantitative estimate of drug-likeness (QED) is 0.767. The molecule has 0 bridgehead atoms. The molecule has 0 aliphatic heterocycles. The van der Waals surface area contributed by atoms with Gasteiger partial charge in [-0.15, -0.1) is 0 Å². The summed E-state index contributed by atoms with van der Waals surface area (Å²) in [6.45, 7) is 0. The van der Waals surface area contributed by atoms with E-state index in [4.69, 9.17) is 5.14 Å². The number of nitrogens with two attached hydrogens (primary N) is 1. The Bertz CT molecular complexity index is 806. The van der Waals surface area contributed by atoms with Crippen LogP contribution in [0.5, 0.6) is 5.75 Å². The molecule has 0 spiro atoms. The average molecular weight is 371 g/mol. The lowest BCUT2D eigenvalue weighted by atomic mass is 10.2. The van der Waals surface area contributed by atoms with Gasteiger partial charge in [0.25, 0.3) is 5.91 Å². The summed E-state index contributed by atoms with van der Waals surface area (Å²) in [5.74, 6) is -0.457. The van der Waals surface area contributed by atoms with Gasteiger partial charge in [-0.05, 0) is 52.3 Å². The third-order valence-electron chi connectivity index (χ3n) is 2.63. The molecule has 0 saturated carbocycles. The first-order valence-electron chi connectivity index (χ1n) is 5.70. The van der Waals surface area contributed by atoms with Gasteiger partial charge in [0.05, 0.1) is 10.6 Å². The van der Waals surface area contributed by atoms with Crippen molar-refractivity contribution < 1.29 is 18.3 Å². The second-order valence-electron chi connectivity index (χ2n) is 4.19. The molecule has 0 aliphatic rings. The maximum absolute atomic E-state index is 12.0. The van der Waals surface area contributed by atoms with Crippen LogP contribution in [0, 0.1) is 0 Å². The number of carbonyl (C=O) groups excluding carboxylic acids is 1. The number of anilines is 1. The Morgan fingerprint density at radius 2 is 1.90 bits per heavy atom. The van der Waals surface area contributed by atoms with Crippen molar-refractivity contribution in [2.45, 2.75) is 4.90 Å². The summed E-state index contributed by atoms with van der Waals surface area (Å²) in [4.78, 5) is 11.9. The van der Waals surface area contributed by atoms with Gasteiger partial charge >= 0.3 is 0 Å². The smallest absolute Gasteiger partial charge is 0.255 e. The first-order valence-corrected chi connectivity index (χ1v) is 8.04. The van der Waals surface area contributed by atoms with Gasteiger partial charge in [0.2, 0.25) is 10.0 Å². The van der Waals surface area contributed by atoms with Crippen LogP contribution in [-0.2, 0) is 10.0 Å². The summed E-state index contributed by atoms with van der Waals surface area (Å²) < 4.78 is 22.8. The molecule has 0 aromatic heterocycles. The number of hydrogen-bond donors (Lipinski definition) is 3. The Labute approximate surface area is 129 Å². The van der Waals surface area contributed by atoms with Crippen molar-refractivity contribution in [3.05, 3.63) is 52.5 Å². The topological polar surface area (TPSA) is 109 Å². The summed E-state index contributed by atoms with van der Waals surface area (Å²) in [5.41, 5.74) is 0.660. The molecular formula is C13H11BrN2O4S. The minimum atomic E-state index is -3.80. The molecule has 0 unspecified atom stereocenters. The molecular weight excluding hydrogens is 360 g/mol. The zero-order chi connectivity index (χ0) is 15.6. The molecule has 8 heteroatoms. The van der Waals surface area contributed by atoms with Gasteiger partial charge in [0, 0.05) is 10.0 Å². The number of hydrogen-bond acceptors (Lipinski definition) is 4. The predicted octanol–water partition coefficient (Wildman–Crippen LogP) is 2.05. The van der Waals surface area contributed by atoms with E-state index in [2.05, 4.69) is 21.2 Å². The van der Waals surface area contributed by atoms with E-state index < -0.39 is 15.9 Å². The number of carbonyl (C=O) groups is 1. The SMILES string of the molecule is NS(=O)(=O)c1ccc(NC(=O)c2cccc(O)c2)c(Br)c1. The molecule has 0 fully saturated rings. The number of aromatic hydroxyl groups is 1. The number of halogens is 1. The highest BCUT2D eigenvalue weighted by Crippen LogP contribution is 2.26. The van der Waals surface area contributed by atoms with Crippen LogP contribution < -0.4 is 10.5 Å². The number of phenols is 1. The minimum absolute atomic E-state index is 0.0220. The fraction of sp³-hybridized carbons (Fsp3) is 0. The largest absolute Gasteiger partial charge is 0.508 e. The van der Waals surface area contributed by atoms with Gasteiger partial charge in [-0.3, -0.25) is 4.79 Å². The van der Waals surface area contributed by atoms with Crippen LogP contribution in [0.3, 0.4) is 0 Å². The van der Waals surface area contributed by atoms with Crippen LogP contribution in [0.1, 0.15) is 10.4 Å². The molecule has 0 atom stereocenters. The van der Waals surface area contributed by atoms with Gasteiger partial charge in [-0.2, -0.15) is 0 Å². The summed E-state index contributed by atoms with van der Waals surface area (Å²) in [5, 5.41) is 17.0. The van der Waals surface area contributed by atoms with Gasteiger partial charge in [-0.25, -0.2) is 13.6 Å². The lowest BCUT2D eigenvalue weighted by Gasteiger charge is -2.09. The third kappa shape index (κ3) is 3.81. The Hall–Kier alpha value is -1.90. The fourth-order valence-electron chi connectivity index (χ4n) is 1.62. The number of rotatable bonds is 3. The molecule has 0 saturated heterocycles. The minimum Gasteiger partial charge on any atom is -0.508 e. The summed E-state index contributed by atoms with van der Waals surface area (Å²) >= 11 is 3.17. The Balaban J connectivity index is 2.26. The number of benzene rings is 2. The molecule has 110 valence electrons. The summed E-state index contributed by atoms with van der Waals surface area (Å²) in [6.07, 6.45) is 0.